The molecule has 0 aliphatic heterocycles. The van der Waals surface area contributed by atoms with Crippen LogP contribution < -0.4 is 5.32 Å². The van der Waals surface area contributed by atoms with Gasteiger partial charge >= 0.3 is 0 Å². The van der Waals surface area contributed by atoms with E-state index >= 15 is 0 Å². The molecule has 0 unspecified atom stereocenters. The van der Waals surface area contributed by atoms with E-state index in [2.05, 4.69) is 10.3 Å². The Morgan fingerprint density at radius 3 is 2.61 bits per heavy atom. The van der Waals surface area contributed by atoms with Crippen molar-refractivity contribution in [1.29, 1.82) is 0 Å². The highest BCUT2D eigenvalue weighted by Crippen LogP contribution is 2.17. The Labute approximate surface area is 112 Å². The van der Waals surface area contributed by atoms with Crippen LogP contribution in [0.1, 0.15) is 11.3 Å². The highest BCUT2D eigenvalue weighted by molar-refractivity contribution is 6.31. The number of hydrogen-bond donors (Lipinski definition) is 1. The van der Waals surface area contributed by atoms with Crippen LogP contribution in [0.15, 0.2) is 42.5 Å². The summed E-state index contributed by atoms with van der Waals surface area (Å²) in [6.45, 7) is 0.964. The van der Waals surface area contributed by atoms with Gasteiger partial charge in [-0.15, -0.1) is 0 Å². The largest absolute Gasteiger partial charge is 0.373 e. The summed E-state index contributed by atoms with van der Waals surface area (Å²) in [5.41, 5.74) is 1.89. The molecule has 0 fully saturated rings. The molecule has 0 saturated carbocycles. The predicted octanol–water partition coefficient (Wildman–Crippen LogP) is 3.49. The fourth-order valence-electron chi connectivity index (χ4n) is 1.56. The number of anilines is 1. The molecule has 0 radical (unpaired) electrons. The van der Waals surface area contributed by atoms with Crippen molar-refractivity contribution in [3.8, 4) is 0 Å². The van der Waals surface area contributed by atoms with Crippen molar-refractivity contribution in [1.82, 2.24) is 4.98 Å². The molecule has 0 bridgehead atoms. The molecular weight excluding hydrogens is 248 g/mol. The molecule has 0 spiro atoms. The second-order valence-corrected chi connectivity index (χ2v) is 4.26. The zero-order valence-electron chi connectivity index (χ0n) is 10.2. The maximum absolute atomic E-state index is 6.06. The number of rotatable bonds is 5. The van der Waals surface area contributed by atoms with Gasteiger partial charge in [-0.3, -0.25) is 0 Å². The van der Waals surface area contributed by atoms with Crippen molar-refractivity contribution in [2.45, 2.75) is 13.2 Å². The lowest BCUT2D eigenvalue weighted by Crippen LogP contribution is -2.00. The molecule has 18 heavy (non-hydrogen) atoms. The average Bonchev–Trinajstić information content (AvgIpc) is 2.42. The fourth-order valence-corrected chi connectivity index (χ4v) is 1.72. The molecule has 0 aliphatic carbocycles. The first-order chi connectivity index (χ1) is 8.79. The van der Waals surface area contributed by atoms with Crippen molar-refractivity contribution < 1.29 is 4.74 Å². The molecule has 0 amide bonds. The van der Waals surface area contributed by atoms with Gasteiger partial charge in [0.25, 0.3) is 0 Å². The van der Waals surface area contributed by atoms with Crippen molar-refractivity contribution in [2.24, 2.45) is 0 Å². The van der Waals surface area contributed by atoms with Crippen LogP contribution >= 0.6 is 11.6 Å². The minimum absolute atomic E-state index is 0.406. The second kappa shape index (κ2) is 6.38. The van der Waals surface area contributed by atoms with Gasteiger partial charge in [0.2, 0.25) is 0 Å². The van der Waals surface area contributed by atoms with Gasteiger partial charge in [-0.1, -0.05) is 41.9 Å². The van der Waals surface area contributed by atoms with Crippen molar-refractivity contribution in [3.05, 3.63) is 58.7 Å². The van der Waals surface area contributed by atoms with Gasteiger partial charge in [0.05, 0.1) is 23.9 Å². The van der Waals surface area contributed by atoms with E-state index in [0.29, 0.717) is 18.2 Å². The first kappa shape index (κ1) is 12.9. The molecule has 1 heterocycles. The molecular formula is C14H15ClN2O. The zero-order chi connectivity index (χ0) is 12.8. The summed E-state index contributed by atoms with van der Waals surface area (Å²) in [5.74, 6) is 0.790. The lowest BCUT2D eigenvalue weighted by molar-refractivity contribution is 0.105. The standard InChI is InChI=1S/C14H15ClN2O/c1-16-14-8-7-12(15)13(17-14)10-18-9-11-5-3-2-4-6-11/h2-8H,9-10H2,1H3,(H,16,17). The summed E-state index contributed by atoms with van der Waals surface area (Å²) in [7, 11) is 1.82. The molecule has 3 nitrogen and oxygen atoms in total. The maximum Gasteiger partial charge on any atom is 0.126 e. The third-order valence-corrected chi connectivity index (χ3v) is 2.87. The van der Waals surface area contributed by atoms with Crippen LogP contribution in [0.25, 0.3) is 0 Å². The van der Waals surface area contributed by atoms with Gasteiger partial charge in [0, 0.05) is 7.05 Å². The summed E-state index contributed by atoms with van der Waals surface area (Å²) < 4.78 is 5.61. The van der Waals surface area contributed by atoms with Crippen molar-refractivity contribution in [2.75, 3.05) is 12.4 Å². The number of nitrogens with one attached hydrogen (secondary N) is 1. The molecule has 2 aromatic rings. The SMILES string of the molecule is CNc1ccc(Cl)c(COCc2ccccc2)n1. The minimum Gasteiger partial charge on any atom is -0.373 e. The number of aromatic nitrogens is 1. The summed E-state index contributed by atoms with van der Waals surface area (Å²) >= 11 is 6.06. The second-order valence-electron chi connectivity index (χ2n) is 3.85. The van der Waals surface area contributed by atoms with E-state index in [1.54, 1.807) is 0 Å². The summed E-state index contributed by atoms with van der Waals surface area (Å²) in [5, 5.41) is 3.60. The molecule has 94 valence electrons. The summed E-state index contributed by atoms with van der Waals surface area (Å²) in [6, 6.07) is 13.7. The maximum atomic E-state index is 6.06. The van der Waals surface area contributed by atoms with Gasteiger partial charge < -0.3 is 10.1 Å². The molecule has 0 saturated heterocycles. The van der Waals surface area contributed by atoms with E-state index in [4.69, 9.17) is 16.3 Å². The molecule has 1 aromatic heterocycles. The number of halogens is 1. The number of benzene rings is 1. The van der Waals surface area contributed by atoms with Crippen LogP contribution in [0, 0.1) is 0 Å². The molecule has 1 N–H and O–H groups in total. The number of hydrogen-bond acceptors (Lipinski definition) is 3. The van der Waals surface area contributed by atoms with Crippen LogP contribution in [0.5, 0.6) is 0 Å². The third kappa shape index (κ3) is 3.45. The van der Waals surface area contributed by atoms with Crippen molar-refractivity contribution in [3.63, 3.8) is 0 Å². The first-order valence-electron chi connectivity index (χ1n) is 5.74. The van der Waals surface area contributed by atoms with Gasteiger partial charge in [0.15, 0.2) is 0 Å². The Morgan fingerprint density at radius 2 is 1.89 bits per heavy atom. The van der Waals surface area contributed by atoms with Crippen molar-refractivity contribution >= 4 is 17.4 Å². The molecule has 2 rings (SSSR count). The number of ether oxygens (including phenoxy) is 1. The smallest absolute Gasteiger partial charge is 0.126 e. The fraction of sp³-hybridized carbons (Fsp3) is 0.214. The van der Waals surface area contributed by atoms with E-state index in [0.717, 1.165) is 17.1 Å². The van der Waals surface area contributed by atoms with E-state index in [-0.39, 0.29) is 0 Å². The van der Waals surface area contributed by atoms with Gasteiger partial charge in [0.1, 0.15) is 5.82 Å². The molecule has 4 heteroatoms. The lowest BCUT2D eigenvalue weighted by Gasteiger charge is -2.07. The van der Waals surface area contributed by atoms with Crippen LogP contribution in [-0.2, 0) is 18.0 Å². The van der Waals surface area contributed by atoms with Crippen LogP contribution in [0.4, 0.5) is 5.82 Å². The normalized spacial score (nSPS) is 10.3. The summed E-state index contributed by atoms with van der Waals surface area (Å²) in [6.07, 6.45) is 0. The Balaban J connectivity index is 1.94. The molecule has 0 aliphatic rings. The average molecular weight is 263 g/mol. The minimum atomic E-state index is 0.406. The van der Waals surface area contributed by atoms with Crippen LogP contribution in [0.3, 0.4) is 0 Å². The monoisotopic (exact) mass is 262 g/mol. The zero-order valence-corrected chi connectivity index (χ0v) is 10.9. The van der Waals surface area contributed by atoms with E-state index in [9.17, 15) is 0 Å². The quantitative estimate of drug-likeness (QED) is 0.896. The Bertz CT molecular complexity index is 502. The molecule has 1 aromatic carbocycles. The number of pyridine rings is 1. The van der Waals surface area contributed by atoms with Crippen LogP contribution in [0.2, 0.25) is 5.02 Å². The molecule has 0 atom stereocenters. The highest BCUT2D eigenvalue weighted by atomic mass is 35.5. The van der Waals surface area contributed by atoms with Gasteiger partial charge in [-0.05, 0) is 17.7 Å². The summed E-state index contributed by atoms with van der Waals surface area (Å²) in [4.78, 5) is 4.35. The van der Waals surface area contributed by atoms with E-state index < -0.39 is 0 Å². The topological polar surface area (TPSA) is 34.1 Å². The first-order valence-corrected chi connectivity index (χ1v) is 6.12. The third-order valence-electron chi connectivity index (χ3n) is 2.53. The Hall–Kier alpha value is -1.58. The Kier molecular flexibility index (Phi) is 4.56. The Morgan fingerprint density at radius 1 is 1.11 bits per heavy atom. The predicted molar refractivity (Wildman–Crippen MR) is 73.7 cm³/mol. The van der Waals surface area contributed by atoms with E-state index in [1.165, 1.54) is 0 Å². The highest BCUT2D eigenvalue weighted by Gasteiger charge is 2.03. The lowest BCUT2D eigenvalue weighted by atomic mass is 10.2. The van der Waals surface area contributed by atoms with E-state index in [1.807, 2.05) is 49.5 Å². The van der Waals surface area contributed by atoms with Crippen LogP contribution in [-0.4, -0.2) is 12.0 Å². The van der Waals surface area contributed by atoms with Gasteiger partial charge in [-0.2, -0.15) is 0 Å². The number of nitrogens with zero attached hydrogens (tertiary/aromatic N) is 1. The van der Waals surface area contributed by atoms with Gasteiger partial charge in [-0.25, -0.2) is 4.98 Å².